The predicted molar refractivity (Wildman–Crippen MR) is 128 cm³/mol. The summed E-state index contributed by atoms with van der Waals surface area (Å²) in [7, 11) is -2.26. The summed E-state index contributed by atoms with van der Waals surface area (Å²) in [6.45, 7) is 5.69. The van der Waals surface area contributed by atoms with Crippen LogP contribution >= 0.6 is 0 Å². The Labute approximate surface area is 194 Å². The smallest absolute Gasteiger partial charge is 0.338 e. The number of ether oxygens (including phenoxy) is 1. The molecule has 3 rings (SSSR count). The molecule has 0 radical (unpaired) electrons. The highest BCUT2D eigenvalue weighted by Crippen LogP contribution is 2.24. The highest BCUT2D eigenvalue weighted by molar-refractivity contribution is 7.92. The molecule has 0 aromatic heterocycles. The maximum atomic E-state index is 12.9. The summed E-state index contributed by atoms with van der Waals surface area (Å²) < 4.78 is 31.9. The van der Waals surface area contributed by atoms with Crippen LogP contribution in [0.3, 0.4) is 0 Å². The van der Waals surface area contributed by atoms with Gasteiger partial charge < -0.3 is 10.1 Å². The minimum absolute atomic E-state index is 0.189. The van der Waals surface area contributed by atoms with E-state index in [0.717, 1.165) is 11.1 Å². The molecular weight excluding hydrogens is 440 g/mol. The molecule has 33 heavy (non-hydrogen) atoms. The Morgan fingerprint density at radius 1 is 0.909 bits per heavy atom. The molecule has 3 aromatic carbocycles. The van der Waals surface area contributed by atoms with Crippen molar-refractivity contribution in [1.29, 1.82) is 0 Å². The number of carbonyl (C=O) groups is 2. The van der Waals surface area contributed by atoms with Crippen LogP contribution in [0.2, 0.25) is 0 Å². The van der Waals surface area contributed by atoms with Crippen LogP contribution in [0.1, 0.15) is 38.8 Å². The summed E-state index contributed by atoms with van der Waals surface area (Å²) >= 11 is 0. The van der Waals surface area contributed by atoms with Crippen LogP contribution in [0.5, 0.6) is 0 Å². The number of amides is 1. The number of carbonyl (C=O) groups excluding carboxylic acids is 2. The average molecular weight is 467 g/mol. The first kappa shape index (κ1) is 24.0. The lowest BCUT2D eigenvalue weighted by Crippen LogP contribution is -2.26. The number of aryl methyl sites for hydroxylation is 2. The largest absolute Gasteiger partial charge is 0.462 e. The van der Waals surface area contributed by atoms with Crippen LogP contribution in [0, 0.1) is 13.8 Å². The van der Waals surface area contributed by atoms with E-state index in [0.29, 0.717) is 22.5 Å². The Morgan fingerprint density at radius 3 is 2.12 bits per heavy atom. The first-order chi connectivity index (χ1) is 15.6. The average Bonchev–Trinajstić information content (AvgIpc) is 2.80. The van der Waals surface area contributed by atoms with Gasteiger partial charge in [0.1, 0.15) is 0 Å². The van der Waals surface area contributed by atoms with E-state index in [9.17, 15) is 18.0 Å². The lowest BCUT2D eigenvalue weighted by molar-refractivity contribution is 0.0526. The highest BCUT2D eigenvalue weighted by atomic mass is 32.2. The molecule has 0 fully saturated rings. The first-order valence-corrected chi connectivity index (χ1v) is 11.8. The summed E-state index contributed by atoms with van der Waals surface area (Å²) in [6.07, 6.45) is 0. The van der Waals surface area contributed by atoms with Gasteiger partial charge in [0.2, 0.25) is 0 Å². The van der Waals surface area contributed by atoms with E-state index in [1.165, 1.54) is 11.4 Å². The zero-order valence-corrected chi connectivity index (χ0v) is 19.8. The minimum atomic E-state index is -3.72. The van der Waals surface area contributed by atoms with Gasteiger partial charge in [-0.3, -0.25) is 9.10 Å². The number of rotatable bonds is 7. The van der Waals surface area contributed by atoms with Crippen molar-refractivity contribution in [2.24, 2.45) is 0 Å². The lowest BCUT2D eigenvalue weighted by atomic mass is 10.1. The second-order valence-electron chi connectivity index (χ2n) is 7.54. The number of nitrogens with zero attached hydrogens (tertiary/aromatic N) is 1. The lowest BCUT2D eigenvalue weighted by Gasteiger charge is -2.20. The summed E-state index contributed by atoms with van der Waals surface area (Å²) in [5.41, 5.74) is 3.37. The molecule has 0 aliphatic carbocycles. The monoisotopic (exact) mass is 466 g/mol. The Bertz CT molecular complexity index is 1270. The van der Waals surface area contributed by atoms with E-state index in [1.807, 2.05) is 13.8 Å². The van der Waals surface area contributed by atoms with Crippen LogP contribution in [-0.4, -0.2) is 33.9 Å². The number of esters is 1. The van der Waals surface area contributed by atoms with Gasteiger partial charge in [-0.25, -0.2) is 13.2 Å². The molecule has 0 spiro atoms. The molecule has 0 aliphatic heterocycles. The quantitative estimate of drug-likeness (QED) is 0.516. The van der Waals surface area contributed by atoms with Gasteiger partial charge in [-0.1, -0.05) is 23.8 Å². The van der Waals surface area contributed by atoms with Crippen molar-refractivity contribution >= 4 is 33.3 Å². The van der Waals surface area contributed by atoms with Gasteiger partial charge in [-0.2, -0.15) is 0 Å². The van der Waals surface area contributed by atoms with Crippen molar-refractivity contribution < 1.29 is 22.7 Å². The van der Waals surface area contributed by atoms with E-state index in [2.05, 4.69) is 5.32 Å². The highest BCUT2D eigenvalue weighted by Gasteiger charge is 2.21. The van der Waals surface area contributed by atoms with Crippen molar-refractivity contribution in [2.75, 3.05) is 23.3 Å². The second-order valence-corrected chi connectivity index (χ2v) is 9.51. The fraction of sp³-hybridized carbons (Fsp3) is 0.200. The van der Waals surface area contributed by atoms with Crippen molar-refractivity contribution in [3.8, 4) is 0 Å². The topological polar surface area (TPSA) is 92.8 Å². The SMILES string of the molecule is CCOC(=O)c1ccc(C)c(NC(=O)c2ccc(N(C)S(=O)(=O)c3ccc(C)cc3)cc2)c1. The van der Waals surface area contributed by atoms with Gasteiger partial charge in [0.15, 0.2) is 0 Å². The molecule has 0 saturated carbocycles. The minimum Gasteiger partial charge on any atom is -0.462 e. The molecule has 8 heteroatoms. The van der Waals surface area contributed by atoms with Crippen LogP contribution in [0.4, 0.5) is 11.4 Å². The van der Waals surface area contributed by atoms with E-state index < -0.39 is 16.0 Å². The van der Waals surface area contributed by atoms with Gasteiger partial charge in [0.25, 0.3) is 15.9 Å². The standard InChI is InChI=1S/C25H26N2O5S/c1-5-32-25(29)20-9-8-18(3)23(16-20)26-24(28)19-10-12-21(13-11-19)27(4)33(30,31)22-14-6-17(2)7-15-22/h6-16H,5H2,1-4H3,(H,26,28). The fourth-order valence-electron chi connectivity index (χ4n) is 3.12. The molecule has 1 amide bonds. The maximum absolute atomic E-state index is 12.9. The van der Waals surface area contributed by atoms with Gasteiger partial charge >= 0.3 is 5.97 Å². The van der Waals surface area contributed by atoms with Gasteiger partial charge in [-0.15, -0.1) is 0 Å². The van der Waals surface area contributed by atoms with Crippen molar-refractivity contribution in [3.63, 3.8) is 0 Å². The molecule has 0 bridgehead atoms. The Morgan fingerprint density at radius 2 is 1.52 bits per heavy atom. The Kier molecular flexibility index (Phi) is 7.18. The van der Waals surface area contributed by atoms with E-state index >= 15 is 0 Å². The van der Waals surface area contributed by atoms with E-state index in [-0.39, 0.29) is 17.4 Å². The molecular formula is C25H26N2O5S. The molecule has 0 atom stereocenters. The van der Waals surface area contributed by atoms with E-state index in [4.69, 9.17) is 4.74 Å². The molecule has 0 heterocycles. The van der Waals surface area contributed by atoms with Crippen LogP contribution in [0.15, 0.2) is 71.6 Å². The zero-order chi connectivity index (χ0) is 24.2. The second kappa shape index (κ2) is 9.87. The molecule has 7 nitrogen and oxygen atoms in total. The predicted octanol–water partition coefficient (Wildman–Crippen LogP) is 4.56. The summed E-state index contributed by atoms with van der Waals surface area (Å²) in [5, 5.41) is 2.80. The van der Waals surface area contributed by atoms with Crippen LogP contribution in [-0.2, 0) is 14.8 Å². The Balaban J connectivity index is 1.77. The van der Waals surface area contributed by atoms with Gasteiger partial charge in [-0.05, 0) is 74.9 Å². The number of anilines is 2. The molecule has 0 aliphatic rings. The molecule has 0 unspecified atom stereocenters. The van der Waals surface area contributed by atoms with Gasteiger partial charge in [0.05, 0.1) is 22.8 Å². The van der Waals surface area contributed by atoms with Crippen LogP contribution < -0.4 is 9.62 Å². The molecule has 172 valence electrons. The summed E-state index contributed by atoms with van der Waals surface area (Å²) in [4.78, 5) is 24.9. The van der Waals surface area contributed by atoms with Crippen molar-refractivity contribution in [1.82, 2.24) is 0 Å². The van der Waals surface area contributed by atoms with Crippen LogP contribution in [0.25, 0.3) is 0 Å². The molecule has 0 saturated heterocycles. The Hall–Kier alpha value is -3.65. The fourth-order valence-corrected chi connectivity index (χ4v) is 4.32. The zero-order valence-electron chi connectivity index (χ0n) is 19.0. The summed E-state index contributed by atoms with van der Waals surface area (Å²) in [5.74, 6) is -0.843. The summed E-state index contributed by atoms with van der Waals surface area (Å²) in [6, 6.07) is 17.8. The molecule has 1 N–H and O–H groups in total. The normalized spacial score (nSPS) is 11.0. The molecule has 3 aromatic rings. The van der Waals surface area contributed by atoms with Gasteiger partial charge in [0, 0.05) is 18.3 Å². The number of hydrogen-bond acceptors (Lipinski definition) is 5. The third-order valence-corrected chi connectivity index (χ3v) is 6.97. The number of sulfonamides is 1. The first-order valence-electron chi connectivity index (χ1n) is 10.4. The van der Waals surface area contributed by atoms with Crippen molar-refractivity contribution in [2.45, 2.75) is 25.7 Å². The third-order valence-electron chi connectivity index (χ3n) is 5.17. The number of hydrogen-bond donors (Lipinski definition) is 1. The maximum Gasteiger partial charge on any atom is 0.338 e. The number of nitrogens with one attached hydrogen (secondary N) is 1. The number of benzene rings is 3. The van der Waals surface area contributed by atoms with E-state index in [1.54, 1.807) is 73.7 Å². The third kappa shape index (κ3) is 5.40. The van der Waals surface area contributed by atoms with Crippen molar-refractivity contribution in [3.05, 3.63) is 89.0 Å².